The predicted molar refractivity (Wildman–Crippen MR) is 205 cm³/mol. The second-order valence-corrected chi connectivity index (χ2v) is 12.4. The fourth-order valence-electron chi connectivity index (χ4n) is 7.27. The average Bonchev–Trinajstić information content (AvgIpc) is 3.91. The van der Waals surface area contributed by atoms with Gasteiger partial charge in [-0.15, -0.1) is 0 Å². The third-order valence-electron chi connectivity index (χ3n) is 9.56. The maximum Gasteiger partial charge on any atom is 0.167 e. The molecular formula is C45H26N4O2. The summed E-state index contributed by atoms with van der Waals surface area (Å²) in [6, 6.07) is 39.9. The number of hydrogen-bond acceptors (Lipinski definition) is 5. The molecule has 7 aromatic carbocycles. The Balaban J connectivity index is 1.11. The molecule has 0 aliphatic heterocycles. The van der Waals surface area contributed by atoms with E-state index in [1.165, 1.54) is 10.8 Å². The van der Waals surface area contributed by atoms with Crippen molar-refractivity contribution in [2.24, 2.45) is 0 Å². The minimum Gasteiger partial charge on any atom is -0.456 e. The van der Waals surface area contributed by atoms with Crippen molar-refractivity contribution in [1.29, 1.82) is 0 Å². The first-order valence-electron chi connectivity index (χ1n) is 19.0. The van der Waals surface area contributed by atoms with Crippen LogP contribution in [-0.4, -0.2) is 19.5 Å². The smallest absolute Gasteiger partial charge is 0.167 e. The Morgan fingerprint density at radius 1 is 0.451 bits per heavy atom. The van der Waals surface area contributed by atoms with E-state index in [4.69, 9.17) is 30.6 Å². The van der Waals surface area contributed by atoms with Crippen LogP contribution in [0.25, 0.3) is 106 Å². The van der Waals surface area contributed by atoms with Gasteiger partial charge in [-0.1, -0.05) is 103 Å². The van der Waals surface area contributed by atoms with E-state index in [2.05, 4.69) is 65.2 Å². The zero-order chi connectivity index (χ0) is 37.8. The fourth-order valence-corrected chi connectivity index (χ4v) is 7.27. The summed E-state index contributed by atoms with van der Waals surface area (Å²) in [6.07, 6.45) is 0. The molecule has 0 radical (unpaired) electrons. The SMILES string of the molecule is [2H]c1c([2H])c([2H])c(-c2nc(-c3ccc4c(c3)oc3ccc(-n5c6ccccc6c6ccccc65)cc34)nc(-c3cccc4c3oc3ccccc34)n2)c([2H])c1[2H]. The first kappa shape index (κ1) is 23.3. The molecular weight excluding hydrogens is 629 g/mol. The minimum absolute atomic E-state index is 0.0596. The normalized spacial score (nSPS) is 13.3. The van der Waals surface area contributed by atoms with Crippen LogP contribution in [0.5, 0.6) is 0 Å². The second kappa shape index (κ2) is 10.7. The lowest BCUT2D eigenvalue weighted by Crippen LogP contribution is -2.00. The van der Waals surface area contributed by atoms with Gasteiger partial charge >= 0.3 is 0 Å². The van der Waals surface area contributed by atoms with E-state index in [-0.39, 0.29) is 23.0 Å². The number of fused-ring (bicyclic) bond motifs is 9. The molecule has 0 aliphatic rings. The molecule has 11 aromatic rings. The van der Waals surface area contributed by atoms with Crippen molar-refractivity contribution in [2.75, 3.05) is 0 Å². The van der Waals surface area contributed by atoms with Gasteiger partial charge in [0.05, 0.1) is 23.5 Å². The second-order valence-electron chi connectivity index (χ2n) is 12.4. The molecule has 0 N–H and O–H groups in total. The van der Waals surface area contributed by atoms with Gasteiger partial charge in [0.2, 0.25) is 0 Å². The van der Waals surface area contributed by atoms with E-state index in [1.807, 2.05) is 66.7 Å². The van der Waals surface area contributed by atoms with E-state index >= 15 is 0 Å². The number of nitrogens with zero attached hydrogens (tertiary/aromatic N) is 4. The molecule has 0 amide bonds. The summed E-state index contributed by atoms with van der Waals surface area (Å²) in [5, 5.41) is 6.01. The van der Waals surface area contributed by atoms with Gasteiger partial charge in [-0.3, -0.25) is 0 Å². The van der Waals surface area contributed by atoms with Crippen LogP contribution in [0.4, 0.5) is 0 Å². The molecule has 6 nitrogen and oxygen atoms in total. The summed E-state index contributed by atoms with van der Waals surface area (Å²) in [7, 11) is 0. The lowest BCUT2D eigenvalue weighted by Gasteiger charge is -2.09. The Bertz CT molecular complexity index is 3380. The molecule has 0 aliphatic carbocycles. The Hall–Kier alpha value is -7.05. The van der Waals surface area contributed by atoms with Crippen molar-refractivity contribution in [2.45, 2.75) is 0 Å². The fraction of sp³-hybridized carbons (Fsp3) is 0. The van der Waals surface area contributed by atoms with Crippen molar-refractivity contribution < 1.29 is 15.7 Å². The molecule has 0 atom stereocenters. The number of furan rings is 2. The molecule has 51 heavy (non-hydrogen) atoms. The zero-order valence-electron chi connectivity index (χ0n) is 31.7. The molecule has 0 saturated carbocycles. The van der Waals surface area contributed by atoms with Crippen molar-refractivity contribution in [1.82, 2.24) is 19.5 Å². The maximum atomic E-state index is 8.75. The summed E-state index contributed by atoms with van der Waals surface area (Å²) < 4.78 is 57.4. The average molecular weight is 660 g/mol. The van der Waals surface area contributed by atoms with Crippen LogP contribution in [0.3, 0.4) is 0 Å². The first-order valence-corrected chi connectivity index (χ1v) is 16.5. The molecule has 6 heteroatoms. The van der Waals surface area contributed by atoms with Crippen molar-refractivity contribution in [3.8, 4) is 39.9 Å². The van der Waals surface area contributed by atoms with Crippen LogP contribution >= 0.6 is 0 Å². The number of hydrogen-bond donors (Lipinski definition) is 0. The molecule has 0 bridgehead atoms. The van der Waals surface area contributed by atoms with Gasteiger partial charge in [0.15, 0.2) is 17.5 Å². The van der Waals surface area contributed by atoms with Gasteiger partial charge in [-0.05, 0) is 54.6 Å². The highest BCUT2D eigenvalue weighted by atomic mass is 16.3. The first-order chi connectivity index (χ1) is 27.3. The summed E-state index contributed by atoms with van der Waals surface area (Å²) in [4.78, 5) is 14.4. The topological polar surface area (TPSA) is 69.9 Å². The third-order valence-corrected chi connectivity index (χ3v) is 9.56. The molecule has 4 aromatic heterocycles. The van der Waals surface area contributed by atoms with Gasteiger partial charge < -0.3 is 13.4 Å². The Morgan fingerprint density at radius 2 is 1.10 bits per heavy atom. The number of benzene rings is 7. The van der Waals surface area contributed by atoms with E-state index in [0.717, 1.165) is 43.8 Å². The number of rotatable bonds is 4. The standard InChI is InChI=1S/C45H26N4O2/c1-2-11-27(12-3-1)43-46-44(48-45(47-43)35-17-10-16-34-32-15-6-9-20-39(32)51-42(34)35)28-21-23-33-36-26-29(22-24-40(36)50-41(33)25-28)49-37-18-7-4-13-30(37)31-14-5-8-19-38(31)49/h1-26H/i1D,2D,3D,11D,12D. The van der Waals surface area contributed by atoms with Gasteiger partial charge in [-0.2, -0.15) is 0 Å². The van der Waals surface area contributed by atoms with Crippen LogP contribution in [0, 0.1) is 0 Å². The Kier molecular flexibility index (Phi) is 4.91. The Morgan fingerprint density at radius 3 is 1.90 bits per heavy atom. The molecule has 4 heterocycles. The highest BCUT2D eigenvalue weighted by Gasteiger charge is 2.19. The minimum atomic E-state index is -0.498. The van der Waals surface area contributed by atoms with Crippen molar-refractivity contribution in [3.63, 3.8) is 0 Å². The van der Waals surface area contributed by atoms with E-state index in [1.54, 1.807) is 0 Å². The maximum absolute atomic E-state index is 8.75. The van der Waals surface area contributed by atoms with Crippen LogP contribution < -0.4 is 0 Å². The van der Waals surface area contributed by atoms with Crippen LogP contribution in [-0.2, 0) is 0 Å². The van der Waals surface area contributed by atoms with Crippen LogP contribution in [0.1, 0.15) is 6.85 Å². The van der Waals surface area contributed by atoms with E-state index in [9.17, 15) is 0 Å². The monoisotopic (exact) mass is 659 g/mol. The van der Waals surface area contributed by atoms with Crippen molar-refractivity contribution >= 4 is 65.7 Å². The highest BCUT2D eigenvalue weighted by Crippen LogP contribution is 2.38. The van der Waals surface area contributed by atoms with Crippen LogP contribution in [0.2, 0.25) is 0 Å². The Labute approximate surface area is 297 Å². The van der Waals surface area contributed by atoms with E-state index < -0.39 is 30.2 Å². The summed E-state index contributed by atoms with van der Waals surface area (Å²) in [5.41, 5.74) is 6.86. The van der Waals surface area contributed by atoms with Crippen LogP contribution in [0.15, 0.2) is 166 Å². The summed E-state index contributed by atoms with van der Waals surface area (Å²) >= 11 is 0. The predicted octanol–water partition coefficient (Wildman–Crippen LogP) is 11.8. The summed E-state index contributed by atoms with van der Waals surface area (Å²) in [6.45, 7) is 0. The van der Waals surface area contributed by atoms with Gasteiger partial charge in [-0.25, -0.2) is 15.0 Å². The van der Waals surface area contributed by atoms with Gasteiger partial charge in [0.25, 0.3) is 0 Å². The van der Waals surface area contributed by atoms with E-state index in [0.29, 0.717) is 27.9 Å². The number of para-hydroxylation sites is 4. The quantitative estimate of drug-likeness (QED) is 0.188. The molecule has 11 rings (SSSR count). The molecule has 238 valence electrons. The zero-order valence-corrected chi connectivity index (χ0v) is 26.7. The van der Waals surface area contributed by atoms with Gasteiger partial charge in [0.1, 0.15) is 22.3 Å². The van der Waals surface area contributed by atoms with Gasteiger partial charge in [0, 0.05) is 49.1 Å². The molecule has 0 unspecified atom stereocenters. The highest BCUT2D eigenvalue weighted by molar-refractivity contribution is 6.11. The lowest BCUT2D eigenvalue weighted by atomic mass is 10.1. The lowest BCUT2D eigenvalue weighted by molar-refractivity contribution is 0.668. The largest absolute Gasteiger partial charge is 0.456 e. The van der Waals surface area contributed by atoms with Crippen molar-refractivity contribution in [3.05, 3.63) is 158 Å². The summed E-state index contributed by atoms with van der Waals surface area (Å²) in [5.74, 6) is 0.399. The molecule has 0 fully saturated rings. The molecule has 0 saturated heterocycles. The third kappa shape index (κ3) is 4.26. The molecule has 0 spiro atoms. The number of aromatic nitrogens is 4.